The fourth-order valence-corrected chi connectivity index (χ4v) is 2.60. The van der Waals surface area contributed by atoms with Gasteiger partial charge in [-0.2, -0.15) is 13.2 Å². The highest BCUT2D eigenvalue weighted by Gasteiger charge is 2.30. The van der Waals surface area contributed by atoms with E-state index < -0.39 is 11.7 Å². The number of phenolic OH excluding ortho intramolecular Hbond substituents is 1. The minimum Gasteiger partial charge on any atom is -0.508 e. The second kappa shape index (κ2) is 11.1. The van der Waals surface area contributed by atoms with Crippen molar-refractivity contribution in [3.63, 3.8) is 0 Å². The third kappa shape index (κ3) is 7.65. The van der Waals surface area contributed by atoms with Gasteiger partial charge < -0.3 is 21.1 Å². The summed E-state index contributed by atoms with van der Waals surface area (Å²) in [5.41, 5.74) is 0.134. The first-order chi connectivity index (χ1) is 14.3. The Labute approximate surface area is 173 Å². The van der Waals surface area contributed by atoms with E-state index in [-0.39, 0.29) is 18.2 Å². The Morgan fingerprint density at radius 1 is 1.03 bits per heavy atom. The lowest BCUT2D eigenvalue weighted by molar-refractivity contribution is -0.137. The first-order valence-corrected chi connectivity index (χ1v) is 9.55. The Morgan fingerprint density at radius 2 is 1.77 bits per heavy atom. The normalized spacial score (nSPS) is 11.8. The van der Waals surface area contributed by atoms with E-state index in [9.17, 15) is 23.1 Å². The summed E-state index contributed by atoms with van der Waals surface area (Å²) in [5.74, 6) is 0.224. The van der Waals surface area contributed by atoms with Gasteiger partial charge in [0.2, 0.25) is 0 Å². The van der Waals surface area contributed by atoms with E-state index in [1.165, 1.54) is 18.2 Å². The number of phenols is 1. The number of guanidine groups is 1. The summed E-state index contributed by atoms with van der Waals surface area (Å²) in [5, 5.41) is 18.3. The molecule has 0 spiro atoms. The smallest absolute Gasteiger partial charge is 0.416 e. The Bertz CT molecular complexity index is 869. The summed E-state index contributed by atoms with van der Waals surface area (Å²) in [6.45, 7) is 3.51. The standard InChI is InChI=1S/C21H25F3N4O2/c1-2-25-20(28-14-15-6-3-8-17(12-15)21(22,23)24)27-11-5-10-26-19(30)16-7-4-9-18(29)13-16/h3-4,6-9,12-13,29H,2,5,10-11,14H2,1H3,(H,26,30)(H2,25,27,28). The highest BCUT2D eigenvalue weighted by molar-refractivity contribution is 5.94. The molecule has 0 aromatic heterocycles. The summed E-state index contributed by atoms with van der Waals surface area (Å²) in [6.07, 6.45) is -3.77. The Balaban J connectivity index is 1.80. The molecule has 0 saturated carbocycles. The molecule has 30 heavy (non-hydrogen) atoms. The van der Waals surface area contributed by atoms with Gasteiger partial charge in [-0.3, -0.25) is 4.79 Å². The Kier molecular flexibility index (Phi) is 8.52. The lowest BCUT2D eigenvalue weighted by Crippen LogP contribution is -2.38. The molecule has 2 rings (SSSR count). The zero-order valence-electron chi connectivity index (χ0n) is 16.6. The Hall–Kier alpha value is -3.23. The van der Waals surface area contributed by atoms with E-state index in [0.717, 1.165) is 12.1 Å². The van der Waals surface area contributed by atoms with Gasteiger partial charge in [0.25, 0.3) is 5.91 Å². The number of rotatable bonds is 8. The maximum Gasteiger partial charge on any atom is 0.416 e. The summed E-state index contributed by atoms with van der Waals surface area (Å²) < 4.78 is 38.4. The van der Waals surface area contributed by atoms with Crippen molar-refractivity contribution in [3.05, 3.63) is 65.2 Å². The largest absolute Gasteiger partial charge is 0.508 e. The molecule has 2 aromatic carbocycles. The molecule has 0 saturated heterocycles. The number of nitrogens with one attached hydrogen (secondary N) is 3. The van der Waals surface area contributed by atoms with Gasteiger partial charge in [0.1, 0.15) is 5.75 Å². The number of carbonyl (C=O) groups excluding carboxylic acids is 1. The van der Waals surface area contributed by atoms with E-state index in [0.29, 0.717) is 43.1 Å². The van der Waals surface area contributed by atoms with Crippen LogP contribution in [-0.4, -0.2) is 36.6 Å². The van der Waals surface area contributed by atoms with E-state index in [4.69, 9.17) is 0 Å². The molecule has 0 atom stereocenters. The van der Waals surface area contributed by atoms with E-state index in [1.807, 2.05) is 6.92 Å². The van der Waals surface area contributed by atoms with Gasteiger partial charge in [-0.05, 0) is 49.2 Å². The molecule has 9 heteroatoms. The number of carbonyl (C=O) groups is 1. The van der Waals surface area contributed by atoms with Crippen LogP contribution in [-0.2, 0) is 12.7 Å². The maximum absolute atomic E-state index is 12.8. The van der Waals surface area contributed by atoms with Gasteiger partial charge in [0, 0.05) is 25.2 Å². The molecule has 0 aliphatic carbocycles. The topological polar surface area (TPSA) is 85.8 Å². The molecule has 162 valence electrons. The van der Waals surface area contributed by atoms with Gasteiger partial charge in [0.15, 0.2) is 5.96 Å². The van der Waals surface area contributed by atoms with Gasteiger partial charge >= 0.3 is 6.18 Å². The van der Waals surface area contributed by atoms with Crippen LogP contribution >= 0.6 is 0 Å². The number of alkyl halides is 3. The van der Waals surface area contributed by atoms with Crippen LogP contribution in [0.15, 0.2) is 53.5 Å². The van der Waals surface area contributed by atoms with E-state index in [2.05, 4.69) is 20.9 Å². The fraction of sp³-hybridized carbons (Fsp3) is 0.333. The molecule has 0 aliphatic rings. The second-order valence-electron chi connectivity index (χ2n) is 6.48. The number of halogens is 3. The van der Waals surface area contributed by atoms with Crippen molar-refractivity contribution in [1.82, 2.24) is 16.0 Å². The summed E-state index contributed by atoms with van der Waals surface area (Å²) >= 11 is 0. The molecule has 1 amide bonds. The molecule has 2 aromatic rings. The van der Waals surface area contributed by atoms with Crippen molar-refractivity contribution in [2.24, 2.45) is 4.99 Å². The highest BCUT2D eigenvalue weighted by atomic mass is 19.4. The number of amides is 1. The van der Waals surface area contributed by atoms with Gasteiger partial charge in [-0.1, -0.05) is 18.2 Å². The second-order valence-corrected chi connectivity index (χ2v) is 6.48. The highest BCUT2D eigenvalue weighted by Crippen LogP contribution is 2.29. The molecule has 0 radical (unpaired) electrons. The molecular formula is C21H25F3N4O2. The molecule has 6 nitrogen and oxygen atoms in total. The zero-order valence-corrected chi connectivity index (χ0v) is 16.6. The summed E-state index contributed by atoms with van der Waals surface area (Å²) in [7, 11) is 0. The van der Waals surface area contributed by atoms with E-state index in [1.54, 1.807) is 18.2 Å². The van der Waals surface area contributed by atoms with Crippen molar-refractivity contribution in [2.75, 3.05) is 19.6 Å². The molecule has 0 aliphatic heterocycles. The minimum atomic E-state index is -4.38. The Morgan fingerprint density at radius 3 is 2.47 bits per heavy atom. The molecule has 0 fully saturated rings. The van der Waals surface area contributed by atoms with E-state index >= 15 is 0 Å². The monoisotopic (exact) mass is 422 g/mol. The van der Waals surface area contributed by atoms with Crippen LogP contribution in [0.2, 0.25) is 0 Å². The third-order valence-electron chi connectivity index (χ3n) is 4.06. The third-order valence-corrected chi connectivity index (χ3v) is 4.06. The summed E-state index contributed by atoms with van der Waals surface area (Å²) in [6, 6.07) is 11.2. The van der Waals surface area contributed by atoms with Gasteiger partial charge in [0.05, 0.1) is 12.1 Å². The molecular weight excluding hydrogens is 397 g/mol. The maximum atomic E-state index is 12.8. The molecule has 4 N–H and O–H groups in total. The number of hydrogen-bond donors (Lipinski definition) is 4. The molecule has 0 bridgehead atoms. The first kappa shape index (κ1) is 23.1. The fourth-order valence-electron chi connectivity index (χ4n) is 2.60. The lowest BCUT2D eigenvalue weighted by atomic mass is 10.1. The number of hydrogen-bond acceptors (Lipinski definition) is 3. The quantitative estimate of drug-likeness (QED) is 0.299. The van der Waals surface area contributed by atoms with Gasteiger partial charge in [-0.15, -0.1) is 0 Å². The molecule has 0 heterocycles. The SMILES string of the molecule is CCNC(=NCc1cccc(C(F)(F)F)c1)NCCCNC(=O)c1cccc(O)c1. The zero-order chi connectivity index (χ0) is 22.0. The predicted molar refractivity (Wildman–Crippen MR) is 109 cm³/mol. The first-order valence-electron chi connectivity index (χ1n) is 9.55. The van der Waals surface area contributed by atoms with Crippen LogP contribution in [0, 0.1) is 0 Å². The predicted octanol–water partition coefficient (Wildman–Crippen LogP) is 3.29. The van der Waals surface area contributed by atoms with Crippen LogP contribution in [0.1, 0.15) is 34.8 Å². The van der Waals surface area contributed by atoms with Crippen LogP contribution in [0.4, 0.5) is 13.2 Å². The number of aromatic hydroxyl groups is 1. The molecule has 0 unspecified atom stereocenters. The average Bonchev–Trinajstić information content (AvgIpc) is 2.71. The van der Waals surface area contributed by atoms with Crippen molar-refractivity contribution in [3.8, 4) is 5.75 Å². The van der Waals surface area contributed by atoms with Crippen molar-refractivity contribution >= 4 is 11.9 Å². The van der Waals surface area contributed by atoms with Crippen molar-refractivity contribution in [1.29, 1.82) is 0 Å². The minimum absolute atomic E-state index is 0.0246. The van der Waals surface area contributed by atoms with Crippen LogP contribution in [0.5, 0.6) is 5.75 Å². The van der Waals surface area contributed by atoms with Crippen LogP contribution < -0.4 is 16.0 Å². The summed E-state index contributed by atoms with van der Waals surface area (Å²) in [4.78, 5) is 16.3. The van der Waals surface area contributed by atoms with Crippen molar-refractivity contribution in [2.45, 2.75) is 26.1 Å². The lowest BCUT2D eigenvalue weighted by Gasteiger charge is -2.12. The number of nitrogens with zero attached hydrogens (tertiary/aromatic N) is 1. The van der Waals surface area contributed by atoms with Gasteiger partial charge in [-0.25, -0.2) is 4.99 Å². The number of benzene rings is 2. The average molecular weight is 422 g/mol. The van der Waals surface area contributed by atoms with Crippen LogP contribution in [0.3, 0.4) is 0 Å². The number of aliphatic imine (C=N–C) groups is 1. The van der Waals surface area contributed by atoms with Crippen molar-refractivity contribution < 1.29 is 23.1 Å². The van der Waals surface area contributed by atoms with Crippen LogP contribution in [0.25, 0.3) is 0 Å².